The minimum Gasteiger partial charge on any atom is -0.456 e. The summed E-state index contributed by atoms with van der Waals surface area (Å²) in [6.45, 7) is 0.492. The molecule has 10 heteroatoms. The minimum absolute atomic E-state index is 0.262. The average molecular weight is 412 g/mol. The van der Waals surface area contributed by atoms with Crippen LogP contribution in [0.2, 0.25) is 5.02 Å². The molecule has 0 saturated carbocycles. The monoisotopic (exact) mass is 411 g/mol. The van der Waals surface area contributed by atoms with Crippen LogP contribution in [0.1, 0.15) is 17.3 Å². The number of halogens is 1. The molecule has 0 aliphatic rings. The SMILES string of the molecule is C[C@@H](C(=O)OCC(=O)c1ccc(Cl)cc1)S(=O)(=O)c1ccc([N+](=O)[O-])cc1. The van der Waals surface area contributed by atoms with Crippen LogP contribution in [0, 0.1) is 10.1 Å². The van der Waals surface area contributed by atoms with Gasteiger partial charge in [0.15, 0.2) is 27.5 Å². The van der Waals surface area contributed by atoms with Gasteiger partial charge in [0, 0.05) is 22.7 Å². The van der Waals surface area contributed by atoms with Gasteiger partial charge in [0.25, 0.3) is 5.69 Å². The Morgan fingerprint density at radius 3 is 2.19 bits per heavy atom. The third kappa shape index (κ3) is 4.89. The first-order valence-electron chi connectivity index (χ1n) is 7.56. The summed E-state index contributed by atoms with van der Waals surface area (Å²) in [5.41, 5.74) is -0.0178. The van der Waals surface area contributed by atoms with Crippen LogP contribution in [0.4, 0.5) is 5.69 Å². The summed E-state index contributed by atoms with van der Waals surface area (Å²) in [7, 11) is -4.12. The summed E-state index contributed by atoms with van der Waals surface area (Å²) in [5.74, 6) is -1.62. The van der Waals surface area contributed by atoms with Crippen molar-refractivity contribution in [3.63, 3.8) is 0 Å². The molecule has 0 unspecified atom stereocenters. The Labute approximate surface area is 159 Å². The average Bonchev–Trinajstić information content (AvgIpc) is 2.65. The molecule has 0 aliphatic heterocycles. The first-order valence-corrected chi connectivity index (χ1v) is 9.49. The van der Waals surface area contributed by atoms with E-state index in [0.29, 0.717) is 5.02 Å². The van der Waals surface area contributed by atoms with Gasteiger partial charge in [-0.15, -0.1) is 0 Å². The van der Waals surface area contributed by atoms with E-state index in [1.165, 1.54) is 24.3 Å². The van der Waals surface area contributed by atoms with Crippen LogP contribution >= 0.6 is 11.6 Å². The molecule has 0 aliphatic carbocycles. The van der Waals surface area contributed by atoms with Crippen LogP contribution < -0.4 is 0 Å². The smallest absolute Gasteiger partial charge is 0.324 e. The van der Waals surface area contributed by atoms with Crippen molar-refractivity contribution in [3.8, 4) is 0 Å². The van der Waals surface area contributed by atoms with Crippen molar-refractivity contribution in [1.29, 1.82) is 0 Å². The van der Waals surface area contributed by atoms with Crippen LogP contribution in [0.5, 0.6) is 0 Å². The van der Waals surface area contributed by atoms with E-state index in [9.17, 15) is 28.1 Å². The highest BCUT2D eigenvalue weighted by atomic mass is 35.5. The molecule has 0 radical (unpaired) electrons. The molecule has 2 rings (SSSR count). The normalized spacial score (nSPS) is 12.2. The summed E-state index contributed by atoms with van der Waals surface area (Å²) in [6.07, 6.45) is 0. The second kappa shape index (κ2) is 8.28. The molecule has 142 valence electrons. The predicted molar refractivity (Wildman–Crippen MR) is 96.5 cm³/mol. The number of carbonyl (C=O) groups is 2. The first kappa shape index (κ1) is 20.5. The number of hydrogen-bond acceptors (Lipinski definition) is 7. The van der Waals surface area contributed by atoms with Crippen LogP contribution in [0.3, 0.4) is 0 Å². The number of rotatable bonds is 7. The van der Waals surface area contributed by atoms with Gasteiger partial charge < -0.3 is 4.74 Å². The van der Waals surface area contributed by atoms with Gasteiger partial charge in [-0.3, -0.25) is 19.7 Å². The topological polar surface area (TPSA) is 121 Å². The van der Waals surface area contributed by atoms with E-state index in [1.54, 1.807) is 0 Å². The Morgan fingerprint density at radius 2 is 1.67 bits per heavy atom. The number of nitro groups is 1. The molecular formula is C17H14ClNO7S. The summed E-state index contributed by atoms with van der Waals surface area (Å²) in [6, 6.07) is 10.0. The van der Waals surface area contributed by atoms with Crippen molar-refractivity contribution in [2.45, 2.75) is 17.1 Å². The van der Waals surface area contributed by atoms with Crippen molar-refractivity contribution >= 4 is 38.9 Å². The van der Waals surface area contributed by atoms with Gasteiger partial charge in [0.2, 0.25) is 0 Å². The number of hydrogen-bond donors (Lipinski definition) is 0. The van der Waals surface area contributed by atoms with Crippen LogP contribution in [0.15, 0.2) is 53.4 Å². The maximum absolute atomic E-state index is 12.4. The molecule has 0 N–H and O–H groups in total. The number of esters is 1. The number of ketones is 1. The zero-order valence-corrected chi connectivity index (χ0v) is 15.6. The Hall–Kier alpha value is -2.78. The molecule has 1 atom stereocenters. The molecule has 0 bridgehead atoms. The van der Waals surface area contributed by atoms with Crippen LogP contribution in [0.25, 0.3) is 0 Å². The molecule has 0 heterocycles. The Morgan fingerprint density at radius 1 is 1.11 bits per heavy atom. The van der Waals surface area contributed by atoms with E-state index in [0.717, 1.165) is 31.2 Å². The molecule has 8 nitrogen and oxygen atoms in total. The molecule has 0 aromatic heterocycles. The van der Waals surface area contributed by atoms with Gasteiger partial charge in [0.05, 0.1) is 9.82 Å². The largest absolute Gasteiger partial charge is 0.456 e. The van der Waals surface area contributed by atoms with Gasteiger partial charge in [-0.05, 0) is 43.3 Å². The van der Waals surface area contributed by atoms with E-state index in [-0.39, 0.29) is 16.1 Å². The molecule has 27 heavy (non-hydrogen) atoms. The van der Waals surface area contributed by atoms with Gasteiger partial charge in [0.1, 0.15) is 0 Å². The lowest BCUT2D eigenvalue weighted by molar-refractivity contribution is -0.384. The highest BCUT2D eigenvalue weighted by Crippen LogP contribution is 2.20. The van der Waals surface area contributed by atoms with Crippen molar-refractivity contribution in [3.05, 3.63) is 69.2 Å². The molecule has 2 aromatic carbocycles. The highest BCUT2D eigenvalue weighted by molar-refractivity contribution is 7.92. The van der Waals surface area contributed by atoms with Crippen LogP contribution in [-0.4, -0.2) is 37.0 Å². The van der Waals surface area contributed by atoms with Crippen molar-refractivity contribution in [2.24, 2.45) is 0 Å². The number of non-ortho nitro benzene ring substituents is 1. The number of Topliss-reactive ketones (excluding diaryl/α,β-unsaturated/α-hetero) is 1. The lowest BCUT2D eigenvalue weighted by atomic mass is 10.1. The lowest BCUT2D eigenvalue weighted by Crippen LogP contribution is -2.30. The zero-order chi connectivity index (χ0) is 20.2. The summed E-state index contributed by atoms with van der Waals surface area (Å²) >= 11 is 5.72. The molecule has 2 aromatic rings. The Bertz CT molecular complexity index is 969. The van der Waals surface area contributed by atoms with Crippen LogP contribution in [-0.2, 0) is 19.4 Å². The first-order chi connectivity index (χ1) is 12.6. The van der Waals surface area contributed by atoms with Crippen molar-refractivity contribution in [2.75, 3.05) is 6.61 Å². The Balaban J connectivity index is 2.05. The number of carbonyl (C=O) groups excluding carboxylic acids is 2. The molecule has 0 fully saturated rings. The number of ether oxygens (including phenoxy) is 1. The third-order valence-electron chi connectivity index (χ3n) is 3.69. The van der Waals surface area contributed by atoms with Gasteiger partial charge in [-0.25, -0.2) is 8.42 Å². The van der Waals surface area contributed by atoms with E-state index in [2.05, 4.69) is 0 Å². The second-order valence-corrected chi connectivity index (χ2v) is 8.18. The second-order valence-electron chi connectivity index (χ2n) is 5.48. The molecular weight excluding hydrogens is 398 g/mol. The van der Waals surface area contributed by atoms with Gasteiger partial charge in [-0.2, -0.15) is 0 Å². The number of benzene rings is 2. The standard InChI is InChI=1S/C17H14ClNO7S/c1-11(27(24,25)15-8-6-14(7-9-15)19(22)23)17(21)26-10-16(20)12-2-4-13(18)5-3-12/h2-9,11H,10H2,1H3/t11-/m0/s1. The summed E-state index contributed by atoms with van der Waals surface area (Å²) in [4.78, 5) is 33.7. The predicted octanol–water partition coefficient (Wildman–Crippen LogP) is 2.84. The van der Waals surface area contributed by atoms with Gasteiger partial charge >= 0.3 is 5.97 Å². The minimum atomic E-state index is -4.12. The van der Waals surface area contributed by atoms with E-state index in [4.69, 9.17) is 16.3 Å². The van der Waals surface area contributed by atoms with E-state index >= 15 is 0 Å². The molecule has 0 amide bonds. The highest BCUT2D eigenvalue weighted by Gasteiger charge is 2.32. The summed E-state index contributed by atoms with van der Waals surface area (Å²) in [5, 5.41) is 9.48. The summed E-state index contributed by atoms with van der Waals surface area (Å²) < 4.78 is 29.7. The van der Waals surface area contributed by atoms with E-state index < -0.39 is 38.4 Å². The quantitative estimate of drug-likeness (QED) is 0.297. The Kier molecular flexibility index (Phi) is 6.29. The zero-order valence-electron chi connectivity index (χ0n) is 14.0. The third-order valence-corrected chi connectivity index (χ3v) is 5.99. The molecule has 0 saturated heterocycles. The number of nitro benzene ring substituents is 1. The van der Waals surface area contributed by atoms with E-state index in [1.807, 2.05) is 0 Å². The fourth-order valence-electron chi connectivity index (χ4n) is 2.06. The fraction of sp³-hybridized carbons (Fsp3) is 0.176. The maximum Gasteiger partial charge on any atom is 0.324 e. The van der Waals surface area contributed by atoms with Crippen molar-refractivity contribution < 1.29 is 27.7 Å². The lowest BCUT2D eigenvalue weighted by Gasteiger charge is -2.12. The molecule has 0 spiro atoms. The fourth-order valence-corrected chi connectivity index (χ4v) is 3.43. The maximum atomic E-state index is 12.4. The number of sulfone groups is 1. The van der Waals surface area contributed by atoms with Gasteiger partial charge in [-0.1, -0.05) is 11.6 Å². The number of nitrogens with zero attached hydrogens (tertiary/aromatic N) is 1. The van der Waals surface area contributed by atoms with Crippen molar-refractivity contribution in [1.82, 2.24) is 0 Å².